The fourth-order valence-electron chi connectivity index (χ4n) is 2.08. The molecule has 1 unspecified atom stereocenters. The highest BCUT2D eigenvalue weighted by Gasteiger charge is 2.33. The van der Waals surface area contributed by atoms with Gasteiger partial charge in [0, 0.05) is 25.5 Å². The van der Waals surface area contributed by atoms with Gasteiger partial charge in [-0.25, -0.2) is 8.42 Å². The summed E-state index contributed by atoms with van der Waals surface area (Å²) < 4.78 is 26.1. The average molecular weight is 304 g/mol. The number of sulfonamides is 1. The van der Waals surface area contributed by atoms with Crippen LogP contribution in [0, 0.1) is 5.92 Å². The molecule has 1 fully saturated rings. The van der Waals surface area contributed by atoms with Crippen LogP contribution in [0.2, 0.25) is 5.02 Å². The molecule has 6 nitrogen and oxygen atoms in total. The van der Waals surface area contributed by atoms with Crippen molar-refractivity contribution in [3.63, 3.8) is 0 Å². The van der Waals surface area contributed by atoms with E-state index in [1.54, 1.807) is 0 Å². The minimum atomic E-state index is -3.73. The van der Waals surface area contributed by atoms with Crippen LogP contribution in [0.15, 0.2) is 23.4 Å². The monoisotopic (exact) mass is 303 g/mol. The van der Waals surface area contributed by atoms with E-state index in [-0.39, 0.29) is 16.5 Å². The number of piperidine rings is 1. The third-order valence-electron chi connectivity index (χ3n) is 3.14. The van der Waals surface area contributed by atoms with Crippen LogP contribution >= 0.6 is 11.6 Å². The van der Waals surface area contributed by atoms with Crippen molar-refractivity contribution in [2.24, 2.45) is 11.7 Å². The lowest BCUT2D eigenvalue weighted by atomic mass is 9.99. The van der Waals surface area contributed by atoms with Crippen LogP contribution in [-0.2, 0) is 14.8 Å². The molecule has 0 aromatic carbocycles. The molecule has 1 atom stereocenters. The van der Waals surface area contributed by atoms with Gasteiger partial charge in [-0.15, -0.1) is 0 Å². The maximum absolute atomic E-state index is 12.4. The average Bonchev–Trinajstić information content (AvgIpc) is 2.39. The van der Waals surface area contributed by atoms with Crippen LogP contribution in [-0.4, -0.2) is 36.7 Å². The zero-order valence-corrected chi connectivity index (χ0v) is 11.7. The van der Waals surface area contributed by atoms with E-state index in [0.717, 1.165) is 0 Å². The molecule has 0 spiro atoms. The molecule has 19 heavy (non-hydrogen) atoms. The Kier molecular flexibility index (Phi) is 4.07. The summed E-state index contributed by atoms with van der Waals surface area (Å²) >= 11 is 5.89. The third kappa shape index (κ3) is 2.88. The first-order valence-corrected chi connectivity index (χ1v) is 7.63. The predicted octanol–water partition coefficient (Wildman–Crippen LogP) is 0.621. The van der Waals surface area contributed by atoms with E-state index in [0.29, 0.717) is 19.4 Å². The number of amides is 1. The van der Waals surface area contributed by atoms with Crippen LogP contribution in [0.3, 0.4) is 0 Å². The minimum absolute atomic E-state index is 0.0400. The topological polar surface area (TPSA) is 93.4 Å². The van der Waals surface area contributed by atoms with Gasteiger partial charge in [-0.05, 0) is 18.9 Å². The van der Waals surface area contributed by atoms with E-state index < -0.39 is 21.8 Å². The Morgan fingerprint density at radius 2 is 2.26 bits per heavy atom. The number of nitrogens with zero attached hydrogens (tertiary/aromatic N) is 2. The number of hydrogen-bond acceptors (Lipinski definition) is 4. The van der Waals surface area contributed by atoms with Crippen LogP contribution < -0.4 is 5.73 Å². The van der Waals surface area contributed by atoms with Gasteiger partial charge in [-0.3, -0.25) is 9.78 Å². The molecular weight excluding hydrogens is 290 g/mol. The van der Waals surface area contributed by atoms with E-state index in [1.807, 2.05) is 0 Å². The number of carbonyl (C=O) groups excluding carboxylic acids is 1. The minimum Gasteiger partial charge on any atom is -0.369 e. The highest BCUT2D eigenvalue weighted by molar-refractivity contribution is 7.89. The quantitative estimate of drug-likeness (QED) is 0.886. The maximum atomic E-state index is 12.4. The Balaban J connectivity index is 2.30. The third-order valence-corrected chi connectivity index (χ3v) is 5.47. The predicted molar refractivity (Wildman–Crippen MR) is 69.9 cm³/mol. The second-order valence-corrected chi connectivity index (χ2v) is 6.72. The Morgan fingerprint density at radius 1 is 1.53 bits per heavy atom. The van der Waals surface area contributed by atoms with Crippen LogP contribution in [0.4, 0.5) is 0 Å². The zero-order chi connectivity index (χ0) is 14.0. The number of aromatic nitrogens is 1. The molecule has 0 bridgehead atoms. The summed E-state index contributed by atoms with van der Waals surface area (Å²) in [6.45, 7) is 0.459. The van der Waals surface area contributed by atoms with Crippen molar-refractivity contribution < 1.29 is 13.2 Å². The number of halogens is 1. The zero-order valence-electron chi connectivity index (χ0n) is 10.1. The van der Waals surface area contributed by atoms with Gasteiger partial charge in [0.1, 0.15) is 4.90 Å². The Morgan fingerprint density at radius 3 is 2.89 bits per heavy atom. The lowest BCUT2D eigenvalue weighted by Crippen LogP contribution is -2.44. The highest BCUT2D eigenvalue weighted by atomic mass is 35.5. The number of carbonyl (C=O) groups is 1. The lowest BCUT2D eigenvalue weighted by Gasteiger charge is -2.30. The molecule has 0 radical (unpaired) electrons. The first kappa shape index (κ1) is 14.2. The number of hydrogen-bond donors (Lipinski definition) is 1. The van der Waals surface area contributed by atoms with Gasteiger partial charge in [-0.2, -0.15) is 4.31 Å². The molecular formula is C11H14ClN3O3S. The van der Waals surface area contributed by atoms with E-state index in [2.05, 4.69) is 4.98 Å². The van der Waals surface area contributed by atoms with Gasteiger partial charge in [0.2, 0.25) is 15.9 Å². The Hall–Kier alpha value is -1.18. The molecule has 104 valence electrons. The van der Waals surface area contributed by atoms with Gasteiger partial charge in [0.25, 0.3) is 0 Å². The summed E-state index contributed by atoms with van der Waals surface area (Å²) in [5.41, 5.74) is 5.24. The lowest BCUT2D eigenvalue weighted by molar-refractivity contribution is -0.122. The molecule has 0 aliphatic carbocycles. The van der Waals surface area contributed by atoms with Crippen molar-refractivity contribution in [1.29, 1.82) is 0 Å². The summed E-state index contributed by atoms with van der Waals surface area (Å²) in [6.07, 6.45) is 3.85. The molecule has 8 heteroatoms. The van der Waals surface area contributed by atoms with Crippen molar-refractivity contribution in [1.82, 2.24) is 9.29 Å². The first-order valence-electron chi connectivity index (χ1n) is 5.82. The summed E-state index contributed by atoms with van der Waals surface area (Å²) in [4.78, 5) is 14.9. The van der Waals surface area contributed by atoms with Crippen molar-refractivity contribution >= 4 is 27.5 Å². The van der Waals surface area contributed by atoms with Crippen LogP contribution in [0.1, 0.15) is 12.8 Å². The Labute approximate surface area is 116 Å². The van der Waals surface area contributed by atoms with E-state index in [1.165, 1.54) is 22.8 Å². The van der Waals surface area contributed by atoms with Gasteiger partial charge < -0.3 is 5.73 Å². The van der Waals surface area contributed by atoms with E-state index in [4.69, 9.17) is 17.3 Å². The molecule has 1 aromatic heterocycles. The van der Waals surface area contributed by atoms with Gasteiger partial charge in [0.15, 0.2) is 0 Å². The summed E-state index contributed by atoms with van der Waals surface area (Å²) in [5, 5.41) is 0.121. The molecule has 0 saturated carbocycles. The van der Waals surface area contributed by atoms with Crippen molar-refractivity contribution in [3.05, 3.63) is 23.5 Å². The largest absolute Gasteiger partial charge is 0.369 e. The molecule has 1 amide bonds. The van der Waals surface area contributed by atoms with Crippen LogP contribution in [0.25, 0.3) is 0 Å². The molecule has 1 aliphatic rings. The van der Waals surface area contributed by atoms with Crippen molar-refractivity contribution in [3.8, 4) is 0 Å². The highest BCUT2D eigenvalue weighted by Crippen LogP contribution is 2.27. The van der Waals surface area contributed by atoms with E-state index >= 15 is 0 Å². The number of pyridine rings is 1. The number of primary amides is 1. The second kappa shape index (κ2) is 5.44. The molecule has 2 rings (SSSR count). The maximum Gasteiger partial charge on any atom is 0.246 e. The van der Waals surface area contributed by atoms with Gasteiger partial charge in [-0.1, -0.05) is 11.6 Å². The molecule has 2 heterocycles. The van der Waals surface area contributed by atoms with Gasteiger partial charge >= 0.3 is 0 Å². The first-order chi connectivity index (χ1) is 8.93. The number of rotatable bonds is 3. The molecule has 1 aromatic rings. The normalized spacial score (nSPS) is 21.2. The van der Waals surface area contributed by atoms with Crippen molar-refractivity contribution in [2.45, 2.75) is 17.7 Å². The summed E-state index contributed by atoms with van der Waals surface area (Å²) in [6, 6.07) is 1.42. The molecule has 1 saturated heterocycles. The second-order valence-electron chi connectivity index (χ2n) is 4.41. The molecule has 1 aliphatic heterocycles. The number of nitrogens with two attached hydrogens (primary N) is 1. The fourth-order valence-corrected chi connectivity index (χ4v) is 4.01. The van der Waals surface area contributed by atoms with E-state index in [9.17, 15) is 13.2 Å². The van der Waals surface area contributed by atoms with Crippen molar-refractivity contribution in [2.75, 3.05) is 13.1 Å². The fraction of sp³-hybridized carbons (Fsp3) is 0.455. The van der Waals surface area contributed by atoms with Gasteiger partial charge in [0.05, 0.1) is 10.9 Å². The summed E-state index contributed by atoms with van der Waals surface area (Å²) in [7, 11) is -3.73. The standard InChI is InChI=1S/C11H14ClN3O3S/c12-9-3-4-14-6-10(9)19(17,18)15-5-1-2-8(7-15)11(13)16/h3-4,6,8H,1-2,5,7H2,(H2,13,16). The smallest absolute Gasteiger partial charge is 0.246 e. The molecule has 2 N–H and O–H groups in total. The Bertz CT molecular complexity index is 591. The van der Waals surface area contributed by atoms with Crippen LogP contribution in [0.5, 0.6) is 0 Å². The SMILES string of the molecule is NC(=O)C1CCCN(S(=O)(=O)c2cnccc2Cl)C1. The summed E-state index contributed by atoms with van der Waals surface area (Å²) in [5.74, 6) is -0.920.